The summed E-state index contributed by atoms with van der Waals surface area (Å²) in [7, 11) is 0. The van der Waals surface area contributed by atoms with Gasteiger partial charge in [-0.3, -0.25) is 4.79 Å². The van der Waals surface area contributed by atoms with E-state index in [1.807, 2.05) is 20.8 Å². The van der Waals surface area contributed by atoms with Gasteiger partial charge in [0.25, 0.3) is 5.91 Å². The molecule has 1 aromatic carbocycles. The second kappa shape index (κ2) is 5.81. The Kier molecular flexibility index (Phi) is 4.60. The van der Waals surface area contributed by atoms with Gasteiger partial charge in [0.05, 0.1) is 5.56 Å². The lowest BCUT2D eigenvalue weighted by Crippen LogP contribution is -2.46. The van der Waals surface area contributed by atoms with Gasteiger partial charge in [-0.05, 0) is 45.9 Å². The summed E-state index contributed by atoms with van der Waals surface area (Å²) in [6.45, 7) is 7.04. The number of carbonyl (C=O) groups is 2. The number of carbonyl (C=O) groups excluding carboxylic acids is 2. The molecule has 0 aromatic heterocycles. The highest BCUT2D eigenvalue weighted by molar-refractivity contribution is 5.97. The summed E-state index contributed by atoms with van der Waals surface area (Å²) in [6.07, 6.45) is -0.904. The van der Waals surface area contributed by atoms with Crippen molar-refractivity contribution in [1.82, 2.24) is 5.32 Å². The second-order valence-electron chi connectivity index (χ2n) is 5.63. The average Bonchev–Trinajstić information content (AvgIpc) is 2.26. The van der Waals surface area contributed by atoms with Crippen molar-refractivity contribution < 1.29 is 14.3 Å². The maximum Gasteiger partial charge on any atom is 0.341 e. The molecule has 0 saturated carbocycles. The summed E-state index contributed by atoms with van der Waals surface area (Å²) in [6, 6.07) is 4.49. The van der Waals surface area contributed by atoms with E-state index in [1.54, 1.807) is 6.07 Å². The van der Waals surface area contributed by atoms with E-state index in [0.29, 0.717) is 5.69 Å². The highest BCUT2D eigenvalue weighted by Crippen LogP contribution is 2.17. The van der Waals surface area contributed by atoms with Crippen LogP contribution in [0.1, 0.15) is 38.1 Å². The van der Waals surface area contributed by atoms with E-state index in [2.05, 4.69) is 5.32 Å². The van der Waals surface area contributed by atoms with Gasteiger partial charge in [-0.2, -0.15) is 0 Å². The van der Waals surface area contributed by atoms with Crippen LogP contribution in [0.5, 0.6) is 0 Å². The summed E-state index contributed by atoms with van der Waals surface area (Å²) < 4.78 is 5.09. The number of esters is 1. The molecule has 110 valence electrons. The van der Waals surface area contributed by atoms with Crippen molar-refractivity contribution in [2.45, 2.75) is 39.3 Å². The Bertz CT molecular complexity index is 521. The van der Waals surface area contributed by atoms with Gasteiger partial charge < -0.3 is 21.5 Å². The van der Waals surface area contributed by atoms with Crippen LogP contribution in [0.15, 0.2) is 18.2 Å². The topological polar surface area (TPSA) is 107 Å². The molecule has 0 fully saturated rings. The first-order valence-electron chi connectivity index (χ1n) is 6.28. The molecule has 0 aliphatic carbocycles. The molecular formula is C14H21N3O3. The third kappa shape index (κ3) is 4.46. The minimum absolute atomic E-state index is 0.189. The number of nitrogen functional groups attached to an aromatic ring is 2. The predicted octanol–water partition coefficient (Wildman–Crippen LogP) is 1.31. The molecule has 1 rings (SSSR count). The third-order valence-electron chi connectivity index (χ3n) is 2.45. The van der Waals surface area contributed by atoms with E-state index in [1.165, 1.54) is 19.1 Å². The van der Waals surface area contributed by atoms with Crippen molar-refractivity contribution in [3.05, 3.63) is 23.8 Å². The summed E-state index contributed by atoms with van der Waals surface area (Å²) in [5.41, 5.74) is 11.7. The summed E-state index contributed by atoms with van der Waals surface area (Å²) in [5.74, 6) is -1.01. The van der Waals surface area contributed by atoms with Gasteiger partial charge in [0.15, 0.2) is 6.10 Å². The van der Waals surface area contributed by atoms with Crippen LogP contribution in [-0.2, 0) is 9.53 Å². The van der Waals surface area contributed by atoms with E-state index in [4.69, 9.17) is 16.2 Å². The van der Waals surface area contributed by atoms with E-state index in [9.17, 15) is 9.59 Å². The molecule has 0 saturated heterocycles. The fraction of sp³-hybridized carbons (Fsp3) is 0.429. The van der Waals surface area contributed by atoms with Crippen LogP contribution in [0.2, 0.25) is 0 Å². The number of anilines is 2. The van der Waals surface area contributed by atoms with Crippen molar-refractivity contribution in [3.63, 3.8) is 0 Å². The van der Waals surface area contributed by atoms with Gasteiger partial charge in [-0.1, -0.05) is 0 Å². The normalized spacial score (nSPS) is 12.6. The number of rotatable bonds is 3. The Morgan fingerprint density at radius 1 is 1.25 bits per heavy atom. The maximum absolute atomic E-state index is 11.9. The van der Waals surface area contributed by atoms with Crippen molar-refractivity contribution >= 4 is 23.3 Å². The zero-order chi connectivity index (χ0) is 15.5. The molecule has 0 spiro atoms. The molecule has 1 unspecified atom stereocenters. The van der Waals surface area contributed by atoms with Crippen LogP contribution in [0.25, 0.3) is 0 Å². The van der Waals surface area contributed by atoms with Gasteiger partial charge in [0.1, 0.15) is 0 Å². The lowest BCUT2D eigenvalue weighted by Gasteiger charge is -2.23. The lowest BCUT2D eigenvalue weighted by molar-refractivity contribution is -0.130. The zero-order valence-electron chi connectivity index (χ0n) is 12.2. The minimum Gasteiger partial charge on any atom is -0.449 e. The molecule has 6 heteroatoms. The van der Waals surface area contributed by atoms with Crippen molar-refractivity contribution in [2.75, 3.05) is 11.5 Å². The second-order valence-corrected chi connectivity index (χ2v) is 5.63. The molecule has 0 heterocycles. The Labute approximate surface area is 118 Å². The van der Waals surface area contributed by atoms with E-state index in [0.717, 1.165) is 0 Å². The van der Waals surface area contributed by atoms with Crippen molar-refractivity contribution in [3.8, 4) is 0 Å². The highest BCUT2D eigenvalue weighted by Gasteiger charge is 2.23. The first-order chi connectivity index (χ1) is 9.10. The van der Waals surface area contributed by atoms with E-state index in [-0.39, 0.29) is 17.2 Å². The fourth-order valence-electron chi connectivity index (χ4n) is 1.52. The number of amides is 1. The van der Waals surface area contributed by atoms with Gasteiger partial charge in [0.2, 0.25) is 0 Å². The summed E-state index contributed by atoms with van der Waals surface area (Å²) in [5, 5.41) is 2.73. The average molecular weight is 279 g/mol. The first kappa shape index (κ1) is 15.8. The lowest BCUT2D eigenvalue weighted by atomic mass is 10.1. The van der Waals surface area contributed by atoms with E-state index >= 15 is 0 Å². The Morgan fingerprint density at radius 2 is 1.85 bits per heavy atom. The van der Waals surface area contributed by atoms with E-state index < -0.39 is 17.6 Å². The molecule has 0 radical (unpaired) electrons. The molecule has 5 N–H and O–H groups in total. The van der Waals surface area contributed by atoms with Gasteiger partial charge in [-0.15, -0.1) is 0 Å². The van der Waals surface area contributed by atoms with Crippen molar-refractivity contribution in [2.24, 2.45) is 0 Å². The Balaban J connectivity index is 2.73. The quantitative estimate of drug-likeness (QED) is 0.571. The Hall–Kier alpha value is -2.24. The number of hydrogen-bond donors (Lipinski definition) is 3. The number of nitrogens with one attached hydrogen (secondary N) is 1. The van der Waals surface area contributed by atoms with Crippen LogP contribution in [0.4, 0.5) is 11.4 Å². The summed E-state index contributed by atoms with van der Waals surface area (Å²) in [4.78, 5) is 23.8. The number of hydrogen-bond acceptors (Lipinski definition) is 5. The molecule has 0 aliphatic heterocycles. The molecule has 6 nitrogen and oxygen atoms in total. The first-order valence-corrected chi connectivity index (χ1v) is 6.28. The molecule has 20 heavy (non-hydrogen) atoms. The molecule has 0 bridgehead atoms. The highest BCUT2D eigenvalue weighted by atomic mass is 16.5. The third-order valence-corrected chi connectivity index (χ3v) is 2.45. The zero-order valence-corrected chi connectivity index (χ0v) is 12.2. The molecule has 1 atom stereocenters. The van der Waals surface area contributed by atoms with Crippen LogP contribution in [0.3, 0.4) is 0 Å². The van der Waals surface area contributed by atoms with Crippen LogP contribution >= 0.6 is 0 Å². The predicted molar refractivity (Wildman–Crippen MR) is 78.0 cm³/mol. The van der Waals surface area contributed by atoms with Gasteiger partial charge in [-0.25, -0.2) is 4.79 Å². The number of nitrogens with two attached hydrogens (primary N) is 2. The molecule has 1 amide bonds. The van der Waals surface area contributed by atoms with Crippen LogP contribution in [0, 0.1) is 0 Å². The van der Waals surface area contributed by atoms with Gasteiger partial charge >= 0.3 is 5.97 Å². The summed E-state index contributed by atoms with van der Waals surface area (Å²) >= 11 is 0. The van der Waals surface area contributed by atoms with Crippen molar-refractivity contribution in [1.29, 1.82) is 0 Å². The smallest absolute Gasteiger partial charge is 0.341 e. The standard InChI is InChI=1S/C14H21N3O3/c1-8(12(18)17-14(2,3)4)20-13(19)10-6-5-9(15)7-11(10)16/h5-8H,15-16H2,1-4H3,(H,17,18). The molecular weight excluding hydrogens is 258 g/mol. The van der Waals surface area contributed by atoms with Crippen LogP contribution < -0.4 is 16.8 Å². The Morgan fingerprint density at radius 3 is 2.35 bits per heavy atom. The van der Waals surface area contributed by atoms with Crippen LogP contribution in [-0.4, -0.2) is 23.5 Å². The monoisotopic (exact) mass is 279 g/mol. The molecule has 0 aliphatic rings. The fourth-order valence-corrected chi connectivity index (χ4v) is 1.52. The van der Waals surface area contributed by atoms with Gasteiger partial charge in [0, 0.05) is 16.9 Å². The number of benzene rings is 1. The maximum atomic E-state index is 11.9. The molecule has 1 aromatic rings. The minimum atomic E-state index is -0.904. The largest absolute Gasteiger partial charge is 0.449 e. The number of ether oxygens (including phenoxy) is 1. The SMILES string of the molecule is CC(OC(=O)c1ccc(N)cc1N)C(=O)NC(C)(C)C.